The monoisotopic (exact) mass is 376 g/mol. The number of nitrogens with zero attached hydrogens (tertiary/aromatic N) is 1. The summed E-state index contributed by atoms with van der Waals surface area (Å²) >= 11 is 0. The van der Waals surface area contributed by atoms with E-state index in [1.165, 1.54) is 17.7 Å². The third kappa shape index (κ3) is 4.95. The van der Waals surface area contributed by atoms with E-state index >= 15 is 0 Å². The highest BCUT2D eigenvalue weighted by Crippen LogP contribution is 2.20. The van der Waals surface area contributed by atoms with Crippen LogP contribution in [0.25, 0.3) is 0 Å². The van der Waals surface area contributed by atoms with Crippen molar-refractivity contribution >= 4 is 15.7 Å². The number of rotatable bonds is 6. The van der Waals surface area contributed by atoms with Crippen LogP contribution in [0.15, 0.2) is 46.9 Å². The van der Waals surface area contributed by atoms with Crippen LogP contribution < -0.4 is 5.32 Å². The molecule has 7 heteroatoms. The third-order valence-electron chi connectivity index (χ3n) is 4.54. The molecule has 0 bridgehead atoms. The van der Waals surface area contributed by atoms with Crippen molar-refractivity contribution < 1.29 is 17.6 Å². The van der Waals surface area contributed by atoms with Crippen molar-refractivity contribution in [1.29, 1.82) is 0 Å². The van der Waals surface area contributed by atoms with Gasteiger partial charge in [-0.2, -0.15) is 0 Å². The van der Waals surface area contributed by atoms with Crippen LogP contribution >= 0.6 is 0 Å². The van der Waals surface area contributed by atoms with Crippen molar-refractivity contribution in [3.63, 3.8) is 0 Å². The molecule has 0 radical (unpaired) electrons. The molecule has 1 amide bonds. The first-order valence-corrected chi connectivity index (χ1v) is 10.7. The van der Waals surface area contributed by atoms with Crippen molar-refractivity contribution in [3.8, 4) is 0 Å². The molecule has 1 N–H and O–H groups in total. The topological polar surface area (TPSA) is 79.6 Å². The van der Waals surface area contributed by atoms with Crippen LogP contribution in [0.2, 0.25) is 0 Å². The van der Waals surface area contributed by atoms with Gasteiger partial charge in [0, 0.05) is 31.9 Å². The van der Waals surface area contributed by atoms with E-state index in [4.69, 9.17) is 4.42 Å². The Kier molecular flexibility index (Phi) is 5.48. The lowest BCUT2D eigenvalue weighted by Crippen LogP contribution is -2.39. The zero-order valence-corrected chi connectivity index (χ0v) is 15.8. The van der Waals surface area contributed by atoms with Crippen LogP contribution in [-0.4, -0.2) is 44.6 Å². The molecule has 2 heterocycles. The molecule has 140 valence electrons. The molecular weight excluding hydrogens is 352 g/mol. The molecule has 0 saturated carbocycles. The molecule has 3 rings (SSSR count). The van der Waals surface area contributed by atoms with Gasteiger partial charge in [-0.1, -0.05) is 37.3 Å². The number of sulfone groups is 1. The Morgan fingerprint density at radius 1 is 1.19 bits per heavy atom. The largest absolute Gasteiger partial charge is 0.455 e. The number of likely N-dealkylation sites (tertiary alicyclic amines) is 1. The van der Waals surface area contributed by atoms with E-state index in [0.717, 1.165) is 25.9 Å². The maximum atomic E-state index is 12.4. The molecule has 2 atom stereocenters. The van der Waals surface area contributed by atoms with Crippen LogP contribution in [0.1, 0.15) is 28.8 Å². The first kappa shape index (κ1) is 18.7. The number of benzene rings is 1. The summed E-state index contributed by atoms with van der Waals surface area (Å²) in [4.78, 5) is 14.7. The normalized spacial score (nSPS) is 21.0. The average molecular weight is 376 g/mol. The molecule has 1 aliphatic rings. The zero-order chi connectivity index (χ0) is 18.7. The number of carbonyl (C=O) groups excluding carboxylic acids is 1. The standard InChI is InChI=1S/C19H24N2O4S/c1-14-10-21(11-15-6-4-3-5-7-15)12-17(14)20-19(22)18-9-8-16(25-18)13-26(2,23)24/h3-9,14,17H,10-13H2,1-2H3,(H,20,22). The lowest BCUT2D eigenvalue weighted by molar-refractivity contribution is 0.0901. The van der Waals surface area contributed by atoms with Crippen molar-refractivity contribution in [2.24, 2.45) is 5.92 Å². The van der Waals surface area contributed by atoms with Gasteiger partial charge in [-0.15, -0.1) is 0 Å². The van der Waals surface area contributed by atoms with E-state index in [1.807, 2.05) is 18.2 Å². The van der Waals surface area contributed by atoms with Gasteiger partial charge >= 0.3 is 0 Å². The molecule has 1 aliphatic heterocycles. The van der Waals surface area contributed by atoms with Crippen LogP contribution in [0, 0.1) is 5.92 Å². The summed E-state index contributed by atoms with van der Waals surface area (Å²) in [6, 6.07) is 13.4. The van der Waals surface area contributed by atoms with Gasteiger partial charge in [0.05, 0.1) is 0 Å². The predicted octanol–water partition coefficient (Wildman–Crippen LogP) is 2.07. The number of nitrogens with one attached hydrogen (secondary N) is 1. The lowest BCUT2D eigenvalue weighted by atomic mass is 10.1. The lowest BCUT2D eigenvalue weighted by Gasteiger charge is -2.16. The maximum Gasteiger partial charge on any atom is 0.287 e. The summed E-state index contributed by atoms with van der Waals surface area (Å²) in [6.07, 6.45) is 1.14. The van der Waals surface area contributed by atoms with E-state index in [-0.39, 0.29) is 29.2 Å². The second kappa shape index (κ2) is 7.63. The van der Waals surface area contributed by atoms with Gasteiger partial charge in [-0.05, 0) is 23.6 Å². The molecule has 26 heavy (non-hydrogen) atoms. The Balaban J connectivity index is 1.57. The molecule has 6 nitrogen and oxygen atoms in total. The summed E-state index contributed by atoms with van der Waals surface area (Å²) in [6.45, 7) is 4.67. The Morgan fingerprint density at radius 3 is 2.62 bits per heavy atom. The van der Waals surface area contributed by atoms with Gasteiger partial charge < -0.3 is 9.73 Å². The van der Waals surface area contributed by atoms with E-state index in [1.54, 1.807) is 0 Å². The zero-order valence-electron chi connectivity index (χ0n) is 15.0. The molecule has 2 unspecified atom stereocenters. The van der Waals surface area contributed by atoms with Gasteiger partial charge in [0.2, 0.25) is 0 Å². The minimum atomic E-state index is -3.19. The Labute approximate surface area is 154 Å². The molecule has 1 saturated heterocycles. The van der Waals surface area contributed by atoms with Gasteiger partial charge in [-0.25, -0.2) is 8.42 Å². The highest BCUT2D eigenvalue weighted by Gasteiger charge is 2.31. The first-order valence-electron chi connectivity index (χ1n) is 8.64. The fourth-order valence-corrected chi connectivity index (χ4v) is 3.97. The summed E-state index contributed by atoms with van der Waals surface area (Å²) in [5, 5.41) is 3.01. The molecule has 0 aliphatic carbocycles. The van der Waals surface area contributed by atoms with Crippen LogP contribution in [-0.2, 0) is 22.1 Å². The molecule has 2 aromatic rings. The highest BCUT2D eigenvalue weighted by molar-refractivity contribution is 7.89. The second-order valence-electron chi connectivity index (χ2n) is 7.07. The fourth-order valence-electron chi connectivity index (χ4n) is 3.30. The summed E-state index contributed by atoms with van der Waals surface area (Å²) in [7, 11) is -3.19. The number of hydrogen-bond donors (Lipinski definition) is 1. The maximum absolute atomic E-state index is 12.4. The first-order chi connectivity index (χ1) is 12.3. The molecule has 0 spiro atoms. The van der Waals surface area contributed by atoms with E-state index in [0.29, 0.717) is 5.92 Å². The fraction of sp³-hybridized carbons (Fsp3) is 0.421. The van der Waals surface area contributed by atoms with Crippen molar-refractivity contribution in [1.82, 2.24) is 10.2 Å². The summed E-state index contributed by atoms with van der Waals surface area (Å²) < 4.78 is 28.0. The molecular formula is C19H24N2O4S. The number of carbonyl (C=O) groups is 1. The Morgan fingerprint density at radius 2 is 1.92 bits per heavy atom. The number of hydrogen-bond acceptors (Lipinski definition) is 5. The van der Waals surface area contributed by atoms with Gasteiger partial charge in [0.15, 0.2) is 15.6 Å². The van der Waals surface area contributed by atoms with E-state index < -0.39 is 9.84 Å². The van der Waals surface area contributed by atoms with Crippen molar-refractivity contribution in [2.45, 2.75) is 25.3 Å². The summed E-state index contributed by atoms with van der Waals surface area (Å²) in [5.41, 5.74) is 1.25. The second-order valence-corrected chi connectivity index (χ2v) is 9.21. The predicted molar refractivity (Wildman–Crippen MR) is 99.4 cm³/mol. The average Bonchev–Trinajstić information content (AvgIpc) is 3.14. The van der Waals surface area contributed by atoms with E-state index in [9.17, 15) is 13.2 Å². The Bertz CT molecular complexity index is 861. The summed E-state index contributed by atoms with van der Waals surface area (Å²) in [5.74, 6) is 0.252. The Hall–Kier alpha value is -2.12. The SMILES string of the molecule is CC1CN(Cc2ccccc2)CC1NC(=O)c1ccc(CS(C)(=O)=O)o1. The molecule has 1 aromatic heterocycles. The van der Waals surface area contributed by atoms with Crippen LogP contribution in [0.4, 0.5) is 0 Å². The molecule has 1 aromatic carbocycles. The van der Waals surface area contributed by atoms with Crippen LogP contribution in [0.5, 0.6) is 0 Å². The minimum absolute atomic E-state index is 0.0367. The quantitative estimate of drug-likeness (QED) is 0.835. The van der Waals surface area contributed by atoms with Crippen molar-refractivity contribution in [2.75, 3.05) is 19.3 Å². The van der Waals surface area contributed by atoms with Gasteiger partial charge in [-0.3, -0.25) is 9.69 Å². The third-order valence-corrected chi connectivity index (χ3v) is 5.35. The number of furan rings is 1. The highest BCUT2D eigenvalue weighted by atomic mass is 32.2. The van der Waals surface area contributed by atoms with Crippen LogP contribution in [0.3, 0.4) is 0 Å². The van der Waals surface area contributed by atoms with Gasteiger partial charge in [0.25, 0.3) is 5.91 Å². The van der Waals surface area contributed by atoms with Crippen molar-refractivity contribution in [3.05, 3.63) is 59.5 Å². The number of amides is 1. The smallest absolute Gasteiger partial charge is 0.287 e. The molecule has 1 fully saturated rings. The van der Waals surface area contributed by atoms with Gasteiger partial charge in [0.1, 0.15) is 11.5 Å². The van der Waals surface area contributed by atoms with E-state index in [2.05, 4.69) is 29.3 Å². The minimum Gasteiger partial charge on any atom is -0.455 e.